The highest BCUT2D eigenvalue weighted by Gasteiger charge is 2.12. The molecule has 0 radical (unpaired) electrons. The van der Waals surface area contributed by atoms with Gasteiger partial charge in [0.2, 0.25) is 0 Å². The van der Waals surface area contributed by atoms with E-state index in [1.54, 1.807) is 17.5 Å². The van der Waals surface area contributed by atoms with E-state index in [2.05, 4.69) is 26.2 Å². The summed E-state index contributed by atoms with van der Waals surface area (Å²) in [6, 6.07) is 5.44. The number of nitrogens with two attached hydrogens (primary N) is 1. The molecule has 0 saturated carbocycles. The molecule has 7 heteroatoms. The van der Waals surface area contributed by atoms with Crippen molar-refractivity contribution >= 4 is 38.9 Å². The number of benzene rings is 1. The van der Waals surface area contributed by atoms with Crippen LogP contribution in [-0.4, -0.2) is 17.0 Å². The Balaban J connectivity index is 2.14. The number of carbonyl (C=O) groups is 1. The third-order valence-corrected chi connectivity index (χ3v) is 3.79. The first-order chi connectivity index (χ1) is 9.97. The number of halogens is 1. The van der Waals surface area contributed by atoms with E-state index in [0.29, 0.717) is 23.7 Å². The molecule has 0 spiro atoms. The molecule has 1 heterocycles. The minimum atomic E-state index is -0.264. The van der Waals surface area contributed by atoms with Crippen molar-refractivity contribution in [1.82, 2.24) is 4.98 Å². The zero-order valence-corrected chi connectivity index (χ0v) is 14.1. The quantitative estimate of drug-likeness (QED) is 0.846. The maximum absolute atomic E-state index is 12.1. The number of carbonyl (C=O) groups excluding carboxylic acids is 1. The van der Waals surface area contributed by atoms with Crippen LogP contribution < -0.4 is 15.8 Å². The number of hydrogen-bond donors (Lipinski definition) is 2. The lowest BCUT2D eigenvalue weighted by molar-refractivity contribution is 0.102. The molecule has 1 amide bonds. The molecule has 0 atom stereocenters. The van der Waals surface area contributed by atoms with Gasteiger partial charge < -0.3 is 15.8 Å². The average molecular weight is 370 g/mol. The van der Waals surface area contributed by atoms with Gasteiger partial charge in [0, 0.05) is 28.2 Å². The number of nitrogens with zero attached hydrogens (tertiary/aromatic N) is 1. The topological polar surface area (TPSA) is 77.2 Å². The van der Waals surface area contributed by atoms with Crippen LogP contribution in [0.5, 0.6) is 5.75 Å². The van der Waals surface area contributed by atoms with Crippen molar-refractivity contribution in [3.8, 4) is 5.75 Å². The molecule has 0 aliphatic rings. The first-order valence-corrected chi connectivity index (χ1v) is 8.08. The largest absolute Gasteiger partial charge is 0.491 e. The molecule has 3 N–H and O–H groups in total. The van der Waals surface area contributed by atoms with Gasteiger partial charge in [-0.1, -0.05) is 15.9 Å². The zero-order chi connectivity index (χ0) is 15.4. The Morgan fingerprint density at radius 1 is 1.48 bits per heavy atom. The van der Waals surface area contributed by atoms with Gasteiger partial charge in [-0.25, -0.2) is 4.98 Å². The molecule has 5 nitrogen and oxygen atoms in total. The van der Waals surface area contributed by atoms with E-state index in [0.717, 1.165) is 9.48 Å². The van der Waals surface area contributed by atoms with Crippen LogP contribution in [0.25, 0.3) is 0 Å². The number of rotatable bonds is 5. The van der Waals surface area contributed by atoms with Gasteiger partial charge in [0.1, 0.15) is 16.5 Å². The molecule has 2 rings (SSSR count). The van der Waals surface area contributed by atoms with Crippen molar-refractivity contribution in [2.75, 3.05) is 5.32 Å². The number of thiazole rings is 1. The van der Waals surface area contributed by atoms with Gasteiger partial charge in [-0.15, -0.1) is 11.3 Å². The standard InChI is InChI=1S/C14H16BrN3O2S/c1-8(2)20-11-4-9(15)3-10(5-11)17-14(19)12-7-21-13(6-16)18-12/h3-5,7-8H,6,16H2,1-2H3,(H,17,19). The highest BCUT2D eigenvalue weighted by Crippen LogP contribution is 2.26. The van der Waals surface area contributed by atoms with Crippen molar-refractivity contribution in [1.29, 1.82) is 0 Å². The Hall–Kier alpha value is -1.44. The fourth-order valence-electron chi connectivity index (χ4n) is 1.68. The zero-order valence-electron chi connectivity index (χ0n) is 11.7. The Labute approximate surface area is 135 Å². The first-order valence-electron chi connectivity index (χ1n) is 6.41. The molecule has 2 aromatic rings. The van der Waals surface area contributed by atoms with Crippen molar-refractivity contribution in [2.24, 2.45) is 5.73 Å². The van der Waals surface area contributed by atoms with Crippen molar-refractivity contribution in [3.05, 3.63) is 38.8 Å². The van der Waals surface area contributed by atoms with Gasteiger partial charge >= 0.3 is 0 Å². The first kappa shape index (κ1) is 15.9. The van der Waals surface area contributed by atoms with E-state index >= 15 is 0 Å². The molecule has 0 unspecified atom stereocenters. The lowest BCUT2D eigenvalue weighted by Crippen LogP contribution is -2.13. The summed E-state index contributed by atoms with van der Waals surface area (Å²) in [5.74, 6) is 0.426. The second-order valence-electron chi connectivity index (χ2n) is 4.63. The minimum absolute atomic E-state index is 0.0634. The Bertz CT molecular complexity index is 643. The second kappa shape index (κ2) is 7.02. The SMILES string of the molecule is CC(C)Oc1cc(Br)cc(NC(=O)c2csc(CN)n2)c1. The molecule has 0 fully saturated rings. The maximum Gasteiger partial charge on any atom is 0.275 e. The molecule has 0 aliphatic carbocycles. The Morgan fingerprint density at radius 3 is 2.86 bits per heavy atom. The van der Waals surface area contributed by atoms with Crippen molar-refractivity contribution < 1.29 is 9.53 Å². The second-order valence-corrected chi connectivity index (χ2v) is 6.49. The average Bonchev–Trinajstić information content (AvgIpc) is 2.85. The summed E-state index contributed by atoms with van der Waals surface area (Å²) >= 11 is 4.78. The number of nitrogens with one attached hydrogen (secondary N) is 1. The highest BCUT2D eigenvalue weighted by atomic mass is 79.9. The summed E-state index contributed by atoms with van der Waals surface area (Å²) in [6.07, 6.45) is 0.0634. The number of aromatic nitrogens is 1. The molecule has 21 heavy (non-hydrogen) atoms. The number of amides is 1. The molecule has 112 valence electrons. The third kappa shape index (κ3) is 4.52. The van der Waals surface area contributed by atoms with Gasteiger partial charge in [0.15, 0.2) is 0 Å². The van der Waals surface area contributed by atoms with Crippen LogP contribution >= 0.6 is 27.3 Å². The van der Waals surface area contributed by atoms with E-state index in [4.69, 9.17) is 10.5 Å². The monoisotopic (exact) mass is 369 g/mol. The molecule has 0 aliphatic heterocycles. The molecular formula is C14H16BrN3O2S. The van der Waals surface area contributed by atoms with E-state index in [1.807, 2.05) is 19.9 Å². The predicted molar refractivity (Wildman–Crippen MR) is 87.9 cm³/mol. The molecular weight excluding hydrogens is 354 g/mol. The van der Waals surface area contributed by atoms with Gasteiger partial charge in [-0.2, -0.15) is 0 Å². The third-order valence-electron chi connectivity index (χ3n) is 2.46. The minimum Gasteiger partial charge on any atom is -0.491 e. The summed E-state index contributed by atoms with van der Waals surface area (Å²) < 4.78 is 6.46. The van der Waals surface area contributed by atoms with Crippen LogP contribution in [0.2, 0.25) is 0 Å². The van der Waals surface area contributed by atoms with Crippen LogP contribution in [-0.2, 0) is 6.54 Å². The normalized spacial score (nSPS) is 10.7. The Kier molecular flexibility index (Phi) is 5.33. The molecule has 1 aromatic carbocycles. The van der Waals surface area contributed by atoms with Gasteiger partial charge in [0.05, 0.1) is 6.10 Å². The van der Waals surface area contributed by atoms with Gasteiger partial charge in [-0.05, 0) is 26.0 Å². The van der Waals surface area contributed by atoms with Crippen LogP contribution in [0.1, 0.15) is 29.3 Å². The summed E-state index contributed by atoms with van der Waals surface area (Å²) in [5.41, 5.74) is 6.51. The van der Waals surface area contributed by atoms with Crippen LogP contribution in [0.3, 0.4) is 0 Å². The summed E-state index contributed by atoms with van der Waals surface area (Å²) in [6.45, 7) is 4.23. The van der Waals surface area contributed by atoms with E-state index in [1.165, 1.54) is 11.3 Å². The van der Waals surface area contributed by atoms with Crippen LogP contribution in [0.15, 0.2) is 28.1 Å². The van der Waals surface area contributed by atoms with E-state index in [9.17, 15) is 4.79 Å². The number of ether oxygens (including phenoxy) is 1. The van der Waals surface area contributed by atoms with Crippen molar-refractivity contribution in [2.45, 2.75) is 26.5 Å². The van der Waals surface area contributed by atoms with Gasteiger partial charge in [0.25, 0.3) is 5.91 Å². The van der Waals surface area contributed by atoms with E-state index in [-0.39, 0.29) is 12.0 Å². The highest BCUT2D eigenvalue weighted by molar-refractivity contribution is 9.10. The summed E-state index contributed by atoms with van der Waals surface area (Å²) in [7, 11) is 0. The van der Waals surface area contributed by atoms with Crippen molar-refractivity contribution in [3.63, 3.8) is 0 Å². The van der Waals surface area contributed by atoms with E-state index < -0.39 is 0 Å². The molecule has 1 aromatic heterocycles. The van der Waals surface area contributed by atoms with Crippen LogP contribution in [0.4, 0.5) is 5.69 Å². The summed E-state index contributed by atoms with van der Waals surface area (Å²) in [5, 5.41) is 5.23. The molecule has 0 saturated heterocycles. The fraction of sp³-hybridized carbons (Fsp3) is 0.286. The predicted octanol–water partition coefficient (Wildman–Crippen LogP) is 3.40. The Morgan fingerprint density at radius 2 is 2.24 bits per heavy atom. The van der Waals surface area contributed by atoms with Crippen LogP contribution in [0, 0.1) is 0 Å². The summed E-state index contributed by atoms with van der Waals surface area (Å²) in [4.78, 5) is 16.3. The maximum atomic E-state index is 12.1. The number of anilines is 1. The number of hydrogen-bond acceptors (Lipinski definition) is 5. The lowest BCUT2D eigenvalue weighted by Gasteiger charge is -2.12. The fourth-order valence-corrected chi connectivity index (χ4v) is 2.81. The van der Waals surface area contributed by atoms with Gasteiger partial charge in [-0.3, -0.25) is 4.79 Å². The lowest BCUT2D eigenvalue weighted by atomic mass is 10.3. The smallest absolute Gasteiger partial charge is 0.275 e. The molecule has 0 bridgehead atoms.